The highest BCUT2D eigenvalue weighted by Gasteiger charge is 2.18. The monoisotopic (exact) mass is 302 g/mol. The minimum absolute atomic E-state index is 0.0687. The number of ether oxygens (including phenoxy) is 1. The smallest absolute Gasteiger partial charge is 0.126 e. The first-order valence-corrected chi connectivity index (χ1v) is 5.80. The lowest BCUT2D eigenvalue weighted by atomic mass is 10.1. The molecule has 0 aromatic rings. The van der Waals surface area contributed by atoms with Gasteiger partial charge in [0, 0.05) is 4.43 Å². The fraction of sp³-hybridized carbons (Fsp3) is 0.778. The van der Waals surface area contributed by atoms with Crippen molar-refractivity contribution in [2.45, 2.75) is 20.0 Å². The molecule has 0 aliphatic carbocycles. The van der Waals surface area contributed by atoms with Crippen molar-refractivity contribution in [3.05, 3.63) is 11.9 Å². The second-order valence-electron chi connectivity index (χ2n) is 3.00. The molecule has 0 aliphatic rings. The number of alkyl halides is 1. The zero-order chi connectivity index (χ0) is 10.3. The van der Waals surface area contributed by atoms with Crippen LogP contribution in [0.3, 0.4) is 0 Å². The molecule has 0 fully saturated rings. The molecule has 0 saturated heterocycles. The van der Waals surface area contributed by atoms with Crippen molar-refractivity contribution in [2.75, 3.05) is 17.6 Å². The fourth-order valence-electron chi connectivity index (χ4n) is 0.960. The number of aliphatic hydroxyl groups excluding tert-OH is 1. The average Bonchev–Trinajstić information content (AvgIpc) is 2.05. The molecule has 13 heavy (non-hydrogen) atoms. The summed E-state index contributed by atoms with van der Waals surface area (Å²) in [5.74, 6) is -0.149. The van der Waals surface area contributed by atoms with Crippen molar-refractivity contribution >= 4 is 22.6 Å². The Balaban J connectivity index is 4.15. The maximum atomic E-state index is 13.3. The Bertz CT molecular complexity index is 160. The van der Waals surface area contributed by atoms with Gasteiger partial charge in [0.2, 0.25) is 0 Å². The highest BCUT2D eigenvalue weighted by Crippen LogP contribution is 2.17. The van der Waals surface area contributed by atoms with E-state index in [-0.39, 0.29) is 25.0 Å². The molecule has 1 N–H and O–H groups in total. The van der Waals surface area contributed by atoms with E-state index in [4.69, 9.17) is 9.84 Å². The highest BCUT2D eigenvalue weighted by atomic mass is 127. The van der Waals surface area contributed by atoms with Gasteiger partial charge in [-0.2, -0.15) is 0 Å². The average molecular weight is 302 g/mol. The van der Waals surface area contributed by atoms with E-state index in [2.05, 4.69) is 22.6 Å². The highest BCUT2D eigenvalue weighted by molar-refractivity contribution is 14.1. The first-order chi connectivity index (χ1) is 6.13. The summed E-state index contributed by atoms with van der Waals surface area (Å²) >= 11 is 2.08. The molecule has 0 radical (unpaired) electrons. The van der Waals surface area contributed by atoms with Crippen LogP contribution in [0.4, 0.5) is 4.39 Å². The Morgan fingerprint density at radius 3 is 2.62 bits per heavy atom. The van der Waals surface area contributed by atoms with Gasteiger partial charge < -0.3 is 9.84 Å². The molecule has 4 heteroatoms. The molecule has 78 valence electrons. The van der Waals surface area contributed by atoms with Gasteiger partial charge in [-0.05, 0) is 12.0 Å². The van der Waals surface area contributed by atoms with Crippen molar-refractivity contribution in [1.29, 1.82) is 0 Å². The van der Waals surface area contributed by atoms with E-state index in [1.54, 1.807) is 0 Å². The van der Waals surface area contributed by atoms with Gasteiger partial charge in [-0.25, -0.2) is 4.39 Å². The molecule has 0 aromatic heterocycles. The number of rotatable bonds is 6. The van der Waals surface area contributed by atoms with Crippen molar-refractivity contribution in [3.63, 3.8) is 0 Å². The first kappa shape index (κ1) is 13.3. The minimum atomic E-state index is -0.512. The molecule has 1 unspecified atom stereocenters. The lowest BCUT2D eigenvalue weighted by molar-refractivity contribution is 0.0127. The van der Waals surface area contributed by atoms with Crippen molar-refractivity contribution < 1.29 is 14.2 Å². The van der Waals surface area contributed by atoms with Crippen LogP contribution in [-0.4, -0.2) is 28.9 Å². The van der Waals surface area contributed by atoms with Gasteiger partial charge in [0.05, 0.1) is 13.2 Å². The molecule has 0 aliphatic heterocycles. The maximum absolute atomic E-state index is 13.3. The molecular formula is C9H16FIO2. The van der Waals surface area contributed by atoms with E-state index in [9.17, 15) is 4.39 Å². The summed E-state index contributed by atoms with van der Waals surface area (Å²) in [4.78, 5) is 0. The third-order valence-electron chi connectivity index (χ3n) is 1.54. The summed E-state index contributed by atoms with van der Waals surface area (Å²) in [6.45, 7) is 3.90. The van der Waals surface area contributed by atoms with Crippen molar-refractivity contribution in [3.8, 4) is 0 Å². The van der Waals surface area contributed by atoms with Gasteiger partial charge in [0.15, 0.2) is 0 Å². The zero-order valence-electron chi connectivity index (χ0n) is 7.96. The Kier molecular flexibility index (Phi) is 7.89. The number of allylic oxidation sites excluding steroid dienone is 1. The lowest BCUT2D eigenvalue weighted by Crippen LogP contribution is -2.22. The third-order valence-corrected chi connectivity index (χ3v) is 1.98. The van der Waals surface area contributed by atoms with Gasteiger partial charge in [-0.15, -0.1) is 0 Å². The second-order valence-corrected chi connectivity index (χ2v) is 3.88. The van der Waals surface area contributed by atoms with Gasteiger partial charge in [0.1, 0.15) is 11.9 Å². The molecule has 0 amide bonds. The number of halogens is 2. The van der Waals surface area contributed by atoms with Crippen LogP contribution in [0.5, 0.6) is 0 Å². The van der Waals surface area contributed by atoms with Gasteiger partial charge in [0.25, 0.3) is 0 Å². The lowest BCUT2D eigenvalue weighted by Gasteiger charge is -2.19. The van der Waals surface area contributed by atoms with E-state index in [1.165, 1.54) is 6.08 Å². The number of hydrogen-bond acceptors (Lipinski definition) is 2. The third kappa shape index (κ3) is 5.59. The molecule has 0 spiro atoms. The van der Waals surface area contributed by atoms with Crippen LogP contribution >= 0.6 is 22.6 Å². The number of hydrogen-bond donors (Lipinski definition) is 1. The summed E-state index contributed by atoms with van der Waals surface area (Å²) < 4.78 is 19.1. The standard InChI is InChI=1S/C9H16FIO2/c1-7(2)9(13-6-5-12)8(10)3-4-11/h3,7,9,12H,4-6H2,1-2H3/b8-3+. The van der Waals surface area contributed by atoms with Crippen LogP contribution < -0.4 is 0 Å². The van der Waals surface area contributed by atoms with Crippen LogP contribution in [0.15, 0.2) is 11.9 Å². The number of aliphatic hydroxyl groups is 1. The summed E-state index contributed by atoms with van der Waals surface area (Å²) in [6.07, 6.45) is 0.990. The van der Waals surface area contributed by atoms with E-state index >= 15 is 0 Å². The Morgan fingerprint density at radius 1 is 1.62 bits per heavy atom. The summed E-state index contributed by atoms with van der Waals surface area (Å²) in [6, 6.07) is 0. The van der Waals surface area contributed by atoms with Crippen molar-refractivity contribution in [1.82, 2.24) is 0 Å². The molecule has 0 rings (SSSR count). The van der Waals surface area contributed by atoms with Crippen LogP contribution in [0.2, 0.25) is 0 Å². The second kappa shape index (κ2) is 7.70. The summed E-state index contributed by atoms with van der Waals surface area (Å²) in [7, 11) is 0. The Hall–Kier alpha value is 0.320. The van der Waals surface area contributed by atoms with Crippen LogP contribution in [-0.2, 0) is 4.74 Å². The summed E-state index contributed by atoms with van der Waals surface area (Å²) in [5, 5.41) is 8.54. The Morgan fingerprint density at radius 2 is 2.23 bits per heavy atom. The van der Waals surface area contributed by atoms with Crippen LogP contribution in [0.25, 0.3) is 0 Å². The van der Waals surface area contributed by atoms with E-state index < -0.39 is 6.10 Å². The molecule has 0 bridgehead atoms. The Labute approximate surface area is 92.3 Å². The summed E-state index contributed by atoms with van der Waals surface area (Å²) in [5.41, 5.74) is 0. The molecule has 0 aromatic carbocycles. The predicted molar refractivity (Wildman–Crippen MR) is 59.7 cm³/mol. The quantitative estimate of drug-likeness (QED) is 0.603. The normalized spacial score (nSPS) is 15.1. The zero-order valence-corrected chi connectivity index (χ0v) is 10.1. The van der Waals surface area contributed by atoms with Gasteiger partial charge >= 0.3 is 0 Å². The molecule has 1 atom stereocenters. The predicted octanol–water partition coefficient (Wildman–Crippen LogP) is 2.31. The van der Waals surface area contributed by atoms with Crippen LogP contribution in [0.1, 0.15) is 13.8 Å². The minimum Gasteiger partial charge on any atom is -0.394 e. The molecule has 0 heterocycles. The van der Waals surface area contributed by atoms with E-state index in [0.29, 0.717) is 4.43 Å². The van der Waals surface area contributed by atoms with Gasteiger partial charge in [-0.3, -0.25) is 0 Å². The largest absolute Gasteiger partial charge is 0.394 e. The van der Waals surface area contributed by atoms with Crippen LogP contribution in [0, 0.1) is 5.92 Å². The van der Waals surface area contributed by atoms with Crippen molar-refractivity contribution in [2.24, 2.45) is 5.92 Å². The molecule has 0 saturated carbocycles. The van der Waals surface area contributed by atoms with Gasteiger partial charge in [-0.1, -0.05) is 36.4 Å². The fourth-order valence-corrected chi connectivity index (χ4v) is 1.38. The maximum Gasteiger partial charge on any atom is 0.126 e. The SMILES string of the molecule is CC(C)C(OCCO)/C(F)=C\CI. The topological polar surface area (TPSA) is 29.5 Å². The van der Waals surface area contributed by atoms with E-state index in [0.717, 1.165) is 0 Å². The molecular weight excluding hydrogens is 286 g/mol. The first-order valence-electron chi connectivity index (χ1n) is 4.27. The molecule has 2 nitrogen and oxygen atoms in total. The van der Waals surface area contributed by atoms with E-state index in [1.807, 2.05) is 13.8 Å².